The van der Waals surface area contributed by atoms with Gasteiger partial charge in [0.1, 0.15) is 60.7 Å². The third-order valence-electron chi connectivity index (χ3n) is 6.90. The molecular formula is C26H32N7O10P. The summed E-state index contributed by atoms with van der Waals surface area (Å²) in [5.74, 6) is -1.23. The van der Waals surface area contributed by atoms with Crippen LogP contribution in [-0.4, -0.2) is 87.5 Å². The number of nitrogens with zero attached hydrogens (tertiary/aromatic N) is 4. The summed E-state index contributed by atoms with van der Waals surface area (Å²) in [6.45, 7) is 0.470. The van der Waals surface area contributed by atoms with Crippen molar-refractivity contribution in [3.05, 3.63) is 54.0 Å². The average Bonchev–Trinajstić information content (AvgIpc) is 3.55. The lowest BCUT2D eigenvalue weighted by Crippen LogP contribution is -2.46. The maximum atomic E-state index is 13.9. The summed E-state index contributed by atoms with van der Waals surface area (Å²) in [6.07, 6.45) is -3.43. The van der Waals surface area contributed by atoms with Crippen LogP contribution in [0.4, 0.5) is 5.82 Å². The molecule has 1 fully saturated rings. The fourth-order valence-corrected chi connectivity index (χ4v) is 6.05. The van der Waals surface area contributed by atoms with Crippen molar-refractivity contribution in [2.24, 2.45) is 5.73 Å². The van der Waals surface area contributed by atoms with Crippen LogP contribution < -0.4 is 21.1 Å². The predicted molar refractivity (Wildman–Crippen MR) is 151 cm³/mol. The lowest BCUT2D eigenvalue weighted by Gasteiger charge is -2.28. The van der Waals surface area contributed by atoms with Crippen molar-refractivity contribution in [3.8, 4) is 11.8 Å². The summed E-state index contributed by atoms with van der Waals surface area (Å²) >= 11 is 0. The highest BCUT2D eigenvalue weighted by atomic mass is 31.2. The molecule has 0 spiro atoms. The van der Waals surface area contributed by atoms with E-state index in [0.717, 1.165) is 7.11 Å². The monoisotopic (exact) mass is 633 g/mol. The van der Waals surface area contributed by atoms with Gasteiger partial charge >= 0.3 is 19.7 Å². The van der Waals surface area contributed by atoms with E-state index in [0.29, 0.717) is 11.1 Å². The molecule has 0 saturated carbocycles. The normalized spacial score (nSPS) is 24.2. The van der Waals surface area contributed by atoms with Crippen LogP contribution in [0.3, 0.4) is 0 Å². The number of nitriles is 1. The van der Waals surface area contributed by atoms with Crippen molar-refractivity contribution >= 4 is 31.0 Å². The molecule has 7 N–H and O–H groups in total. The van der Waals surface area contributed by atoms with Gasteiger partial charge < -0.3 is 40.4 Å². The Morgan fingerprint density at radius 1 is 1.20 bits per heavy atom. The summed E-state index contributed by atoms with van der Waals surface area (Å²) in [5.41, 5.74) is 10.7. The van der Waals surface area contributed by atoms with Crippen molar-refractivity contribution in [2.75, 3.05) is 26.6 Å². The Morgan fingerprint density at radius 2 is 1.89 bits per heavy atom. The van der Waals surface area contributed by atoms with Crippen molar-refractivity contribution in [2.45, 2.75) is 49.3 Å². The zero-order chi connectivity index (χ0) is 32.2. The van der Waals surface area contributed by atoms with Crippen molar-refractivity contribution < 1.29 is 47.6 Å². The number of aliphatic hydroxyl groups excluding tert-OH is 2. The largest absolute Gasteiger partial charge is 0.468 e. The zero-order valence-electron chi connectivity index (χ0n) is 23.9. The van der Waals surface area contributed by atoms with Gasteiger partial charge in [0.2, 0.25) is 5.60 Å². The molecule has 0 radical (unpaired) electrons. The number of esters is 2. The first-order valence-electron chi connectivity index (χ1n) is 13.1. The van der Waals surface area contributed by atoms with Crippen LogP contribution in [0.5, 0.6) is 5.75 Å². The standard InChI is InChI=1S/C26H32N7O10P/c1-14(24(36)39-2)32-44(38,43-16-6-4-15(5-7-16)10-17(28)25(37)40-3)41-12-26(11-27)22(35)20(34)21(42-26)18-8-9-19-23(29)30-13-31-33(18)19/h4-9,13-14,17,20-22,34-35H,10,12,28H2,1-3H3,(H,32,38)(H2,29,30,31)/t14-,17-,20-,21-,22-,26+,44-/m0/s1. The maximum Gasteiger partial charge on any atom is 0.459 e. The molecular weight excluding hydrogens is 601 g/mol. The molecule has 1 aliphatic rings. The fraction of sp³-hybridized carbons (Fsp3) is 0.423. The first kappa shape index (κ1) is 32.8. The number of fused-ring (bicyclic) bond motifs is 1. The summed E-state index contributed by atoms with van der Waals surface area (Å²) in [5, 5.41) is 38.5. The quantitative estimate of drug-likeness (QED) is 0.127. The Labute approximate surface area is 251 Å². The maximum absolute atomic E-state index is 13.9. The zero-order valence-corrected chi connectivity index (χ0v) is 24.8. The first-order chi connectivity index (χ1) is 20.9. The summed E-state index contributed by atoms with van der Waals surface area (Å²) < 4.78 is 41.6. The fourth-order valence-electron chi connectivity index (χ4n) is 4.53. The van der Waals surface area contributed by atoms with Crippen LogP contribution in [0.25, 0.3) is 5.52 Å². The molecule has 0 aliphatic carbocycles. The molecule has 1 aliphatic heterocycles. The number of ether oxygens (including phenoxy) is 3. The Hall–Kier alpha value is -4.14. The number of rotatable bonds is 12. The number of anilines is 1. The Morgan fingerprint density at radius 3 is 2.52 bits per heavy atom. The summed E-state index contributed by atoms with van der Waals surface area (Å²) in [7, 11) is -2.17. The first-order valence-corrected chi connectivity index (χ1v) is 14.7. The number of carbonyl (C=O) groups is 2. The highest BCUT2D eigenvalue weighted by Crippen LogP contribution is 2.48. The van der Waals surface area contributed by atoms with E-state index < -0.39 is 62.3 Å². The Bertz CT molecular complexity index is 1600. The number of nitrogens with two attached hydrogens (primary N) is 2. The van der Waals surface area contributed by atoms with E-state index in [4.69, 9.17) is 25.3 Å². The lowest BCUT2D eigenvalue weighted by atomic mass is 9.96. The van der Waals surface area contributed by atoms with Crippen molar-refractivity contribution in [3.63, 3.8) is 0 Å². The lowest BCUT2D eigenvalue weighted by molar-refractivity contribution is -0.143. The van der Waals surface area contributed by atoms with Gasteiger partial charge in [-0.15, -0.1) is 0 Å². The number of aromatic nitrogens is 3. The highest BCUT2D eigenvalue weighted by Gasteiger charge is 2.57. The van der Waals surface area contributed by atoms with Gasteiger partial charge in [-0.2, -0.15) is 15.4 Å². The van der Waals surface area contributed by atoms with Gasteiger partial charge in [-0.25, -0.2) is 14.1 Å². The topological polar surface area (TPSA) is 256 Å². The molecule has 2 aromatic heterocycles. The average molecular weight is 634 g/mol. The van der Waals surface area contributed by atoms with E-state index >= 15 is 0 Å². The molecule has 0 amide bonds. The minimum Gasteiger partial charge on any atom is -0.468 e. The second kappa shape index (κ2) is 13.2. The van der Waals surface area contributed by atoms with Crippen LogP contribution >= 0.6 is 7.75 Å². The molecule has 18 heteroatoms. The molecule has 7 atom stereocenters. The van der Waals surface area contributed by atoms with E-state index in [2.05, 4.69) is 24.6 Å². The highest BCUT2D eigenvalue weighted by molar-refractivity contribution is 7.52. The van der Waals surface area contributed by atoms with E-state index in [1.54, 1.807) is 24.3 Å². The Kier molecular flexibility index (Phi) is 9.86. The van der Waals surface area contributed by atoms with Crippen LogP contribution in [-0.2, 0) is 39.3 Å². The van der Waals surface area contributed by atoms with E-state index in [1.165, 1.54) is 43.1 Å². The summed E-state index contributed by atoms with van der Waals surface area (Å²) in [4.78, 5) is 27.6. The number of benzene rings is 1. The number of aliphatic hydroxyl groups is 2. The molecule has 236 valence electrons. The molecule has 3 aromatic rings. The SMILES string of the molecule is COC(=O)[C@H](C)N[P@](=O)(OC[C@@]1(C#N)O[C@@H](c2ccc3c(N)ncnn23)[C@H](O)[C@@H]1O)Oc1ccc(C[C@H](N)C(=O)OC)cc1. The molecule has 17 nitrogen and oxygen atoms in total. The van der Waals surface area contributed by atoms with Crippen LogP contribution in [0, 0.1) is 11.3 Å². The number of hydrogen-bond acceptors (Lipinski definition) is 15. The molecule has 3 heterocycles. The van der Waals surface area contributed by atoms with Gasteiger partial charge in [0.15, 0.2) is 5.82 Å². The molecule has 44 heavy (non-hydrogen) atoms. The van der Waals surface area contributed by atoms with Gasteiger partial charge in [-0.1, -0.05) is 12.1 Å². The van der Waals surface area contributed by atoms with Gasteiger partial charge in [0.25, 0.3) is 0 Å². The minimum absolute atomic E-state index is 0.0158. The van der Waals surface area contributed by atoms with Crippen molar-refractivity contribution in [1.82, 2.24) is 19.7 Å². The molecule has 0 bridgehead atoms. The predicted octanol–water partition coefficient (Wildman–Crippen LogP) is -0.235. The number of methoxy groups -OCH3 is 2. The summed E-state index contributed by atoms with van der Waals surface area (Å²) in [6, 6.07) is 8.77. The molecule has 1 saturated heterocycles. The van der Waals surface area contributed by atoms with Crippen LogP contribution in [0.2, 0.25) is 0 Å². The Balaban J connectivity index is 1.57. The third kappa shape index (κ3) is 6.66. The van der Waals surface area contributed by atoms with Gasteiger partial charge in [0, 0.05) is 0 Å². The second-order valence-corrected chi connectivity index (χ2v) is 11.6. The van der Waals surface area contributed by atoms with Gasteiger partial charge in [-0.3, -0.25) is 14.1 Å². The number of nitrogen functional groups attached to an aromatic ring is 1. The smallest absolute Gasteiger partial charge is 0.459 e. The number of carbonyl (C=O) groups excluding carboxylic acids is 2. The molecule has 4 rings (SSSR count). The minimum atomic E-state index is -4.52. The van der Waals surface area contributed by atoms with E-state index in [-0.39, 0.29) is 23.7 Å². The molecule has 0 unspecified atom stereocenters. The van der Waals surface area contributed by atoms with Gasteiger partial charge in [0.05, 0.1) is 19.9 Å². The van der Waals surface area contributed by atoms with E-state index in [9.17, 15) is 29.6 Å². The number of hydrogen-bond donors (Lipinski definition) is 5. The second-order valence-electron chi connectivity index (χ2n) is 9.89. The third-order valence-corrected chi connectivity index (χ3v) is 8.53. The van der Waals surface area contributed by atoms with Crippen LogP contribution in [0.1, 0.15) is 24.3 Å². The van der Waals surface area contributed by atoms with Gasteiger partial charge in [-0.05, 0) is 43.2 Å². The van der Waals surface area contributed by atoms with Crippen molar-refractivity contribution in [1.29, 1.82) is 5.26 Å². The van der Waals surface area contributed by atoms with E-state index in [1.807, 2.05) is 0 Å². The van der Waals surface area contributed by atoms with Crippen LogP contribution in [0.15, 0.2) is 42.7 Å². The molecule has 1 aromatic carbocycles. The number of nitrogens with one attached hydrogen (secondary N) is 1.